The molecule has 0 spiro atoms. The maximum atomic E-state index is 16.6. The number of aromatic nitrogens is 4. The number of hydrogen-bond acceptors (Lipinski definition) is 9. The highest BCUT2D eigenvalue weighted by atomic mass is 19.4. The monoisotopic (exact) mass is 586 g/mol. The van der Waals surface area contributed by atoms with Gasteiger partial charge in [-0.15, -0.1) is 0 Å². The minimum atomic E-state index is -4.80. The number of anilines is 2. The van der Waals surface area contributed by atoms with Gasteiger partial charge in [0.15, 0.2) is 5.82 Å². The first-order valence-electron chi connectivity index (χ1n) is 14.7. The lowest BCUT2D eigenvalue weighted by atomic mass is 9.94. The largest absolute Gasteiger partial charge is 0.461 e. The normalized spacial score (nSPS) is 23.6. The van der Waals surface area contributed by atoms with E-state index < -0.39 is 28.9 Å². The highest BCUT2D eigenvalue weighted by molar-refractivity contribution is 5.95. The molecule has 3 saturated heterocycles. The predicted molar refractivity (Wildman–Crippen MR) is 150 cm³/mol. The summed E-state index contributed by atoms with van der Waals surface area (Å²) < 4.78 is 65.7. The third-order valence-corrected chi connectivity index (χ3v) is 9.57. The summed E-state index contributed by atoms with van der Waals surface area (Å²) in [5, 5.41) is 3.83. The number of nitrogen functional groups attached to an aromatic ring is 1. The number of nitrogens with zero attached hydrogens (tertiary/aromatic N) is 6. The van der Waals surface area contributed by atoms with Crippen LogP contribution in [0.3, 0.4) is 0 Å². The quantitative estimate of drug-likeness (QED) is 0.437. The van der Waals surface area contributed by atoms with Crippen molar-refractivity contribution in [2.45, 2.75) is 63.7 Å². The molecule has 0 aromatic carbocycles. The van der Waals surface area contributed by atoms with Crippen molar-refractivity contribution in [2.24, 2.45) is 5.92 Å². The molecule has 42 heavy (non-hydrogen) atoms. The van der Waals surface area contributed by atoms with Crippen LogP contribution in [0.25, 0.3) is 22.3 Å². The molecule has 224 valence electrons. The molecular weight excluding hydrogens is 552 g/mol. The fourth-order valence-electron chi connectivity index (χ4n) is 7.61. The Labute approximate surface area is 240 Å². The summed E-state index contributed by atoms with van der Waals surface area (Å²) in [4.78, 5) is 22.5. The third-order valence-electron chi connectivity index (χ3n) is 9.57. The second kappa shape index (κ2) is 9.87. The minimum absolute atomic E-state index is 0.0206. The Morgan fingerprint density at radius 1 is 1.10 bits per heavy atom. The zero-order chi connectivity index (χ0) is 29.4. The molecule has 0 bridgehead atoms. The Morgan fingerprint density at radius 3 is 2.60 bits per heavy atom. The van der Waals surface area contributed by atoms with Crippen LogP contribution in [0.15, 0.2) is 6.07 Å². The fourth-order valence-corrected chi connectivity index (χ4v) is 7.61. The summed E-state index contributed by atoms with van der Waals surface area (Å²) in [5.74, 6) is -0.581. The van der Waals surface area contributed by atoms with Gasteiger partial charge >= 0.3 is 12.2 Å². The fraction of sp³-hybridized carbons (Fsp3) is 0.586. The van der Waals surface area contributed by atoms with Crippen LogP contribution in [0.1, 0.15) is 49.4 Å². The zero-order valence-corrected chi connectivity index (χ0v) is 23.7. The number of rotatable bonds is 4. The molecule has 0 aliphatic carbocycles. The highest BCUT2D eigenvalue weighted by Gasteiger charge is 2.45. The maximum Gasteiger partial charge on any atom is 0.418 e. The van der Waals surface area contributed by atoms with Crippen LogP contribution in [0.4, 0.5) is 29.2 Å². The van der Waals surface area contributed by atoms with Gasteiger partial charge in [-0.05, 0) is 69.7 Å². The van der Waals surface area contributed by atoms with Crippen LogP contribution in [-0.4, -0.2) is 75.7 Å². The van der Waals surface area contributed by atoms with Crippen molar-refractivity contribution in [3.8, 4) is 17.4 Å². The van der Waals surface area contributed by atoms with Crippen molar-refractivity contribution in [3.63, 3.8) is 0 Å². The smallest absolute Gasteiger partial charge is 0.418 e. The van der Waals surface area contributed by atoms with Gasteiger partial charge in [-0.25, -0.2) is 14.4 Å². The number of nitrogens with two attached hydrogens (primary N) is 1. The lowest BCUT2D eigenvalue weighted by Crippen LogP contribution is -2.54. The summed E-state index contributed by atoms with van der Waals surface area (Å²) >= 11 is 0. The summed E-state index contributed by atoms with van der Waals surface area (Å²) in [6, 6.07) is 1.18. The summed E-state index contributed by atoms with van der Waals surface area (Å²) in [6.07, 6.45) is -0.181. The van der Waals surface area contributed by atoms with Gasteiger partial charge in [-0.1, -0.05) is 6.92 Å². The summed E-state index contributed by atoms with van der Waals surface area (Å²) in [7, 11) is 0. The van der Waals surface area contributed by atoms with E-state index in [-0.39, 0.29) is 40.4 Å². The van der Waals surface area contributed by atoms with Crippen molar-refractivity contribution in [3.05, 3.63) is 28.7 Å². The number of piperazine rings is 1. The lowest BCUT2D eigenvalue weighted by molar-refractivity contribution is -0.137. The van der Waals surface area contributed by atoms with E-state index in [2.05, 4.69) is 37.0 Å². The topological polar surface area (TPSA) is 105 Å². The van der Waals surface area contributed by atoms with Gasteiger partial charge in [0.05, 0.1) is 22.2 Å². The SMILES string of the molecule is Cc1cc(N)nc(-c2nc3c4c(nc(OCC56CCCN5CCC6)nc4c2F)N2CCNCC2[C@@H](C)C3)c1C(F)(F)F. The molecule has 0 amide bonds. The number of halogens is 4. The Balaban J connectivity index is 1.43. The van der Waals surface area contributed by atoms with E-state index in [4.69, 9.17) is 15.5 Å². The first-order chi connectivity index (χ1) is 20.1. The van der Waals surface area contributed by atoms with Gasteiger partial charge in [0.25, 0.3) is 0 Å². The zero-order valence-electron chi connectivity index (χ0n) is 23.7. The van der Waals surface area contributed by atoms with E-state index in [1.54, 1.807) is 0 Å². The molecule has 3 N–H and O–H groups in total. The van der Waals surface area contributed by atoms with Gasteiger partial charge < -0.3 is 20.7 Å². The predicted octanol–water partition coefficient (Wildman–Crippen LogP) is 4.11. The average molecular weight is 587 g/mol. The molecular formula is C29H34F4N8O. The molecule has 13 heteroatoms. The van der Waals surface area contributed by atoms with Crippen LogP contribution in [0, 0.1) is 18.7 Å². The molecule has 1 unspecified atom stereocenters. The molecule has 4 aliphatic rings. The van der Waals surface area contributed by atoms with Gasteiger partial charge in [-0.2, -0.15) is 23.1 Å². The molecule has 2 atom stereocenters. The van der Waals surface area contributed by atoms with E-state index >= 15 is 4.39 Å². The lowest BCUT2D eigenvalue weighted by Gasteiger charge is -2.39. The summed E-state index contributed by atoms with van der Waals surface area (Å²) in [5.41, 5.74) is 3.75. The van der Waals surface area contributed by atoms with Crippen molar-refractivity contribution in [1.29, 1.82) is 0 Å². The first-order valence-corrected chi connectivity index (χ1v) is 14.7. The standard InChI is InChI=1S/C29H34F4N8O/c1-15-11-17-20-23(22(30)25(36-17)24-21(29(31,32)33)16(2)12-19(34)37-24)38-27(39-26(20)41-10-7-35-13-18(15)41)42-14-28-5-3-8-40(28)9-4-6-28/h12,15,18,35H,3-11,13-14H2,1-2H3,(H2,34,37)/t15-,18?/m0/s1. The minimum Gasteiger partial charge on any atom is -0.461 e. The molecule has 4 aliphatic heterocycles. The van der Waals surface area contributed by atoms with E-state index in [0.717, 1.165) is 44.8 Å². The van der Waals surface area contributed by atoms with Crippen molar-refractivity contribution in [2.75, 3.05) is 50.0 Å². The van der Waals surface area contributed by atoms with E-state index in [9.17, 15) is 13.2 Å². The molecule has 3 aromatic heterocycles. The van der Waals surface area contributed by atoms with Crippen molar-refractivity contribution in [1.82, 2.24) is 30.2 Å². The van der Waals surface area contributed by atoms with Crippen LogP contribution in [0.5, 0.6) is 6.01 Å². The number of nitrogens with one attached hydrogen (secondary N) is 1. The van der Waals surface area contributed by atoms with E-state index in [1.165, 1.54) is 6.92 Å². The van der Waals surface area contributed by atoms with Gasteiger partial charge in [0, 0.05) is 25.7 Å². The molecule has 0 saturated carbocycles. The molecule has 7 heterocycles. The summed E-state index contributed by atoms with van der Waals surface area (Å²) in [6.45, 7) is 7.81. The number of aryl methyl sites for hydroxylation is 1. The number of hydrogen-bond donors (Lipinski definition) is 2. The highest BCUT2D eigenvalue weighted by Crippen LogP contribution is 2.44. The second-order valence-electron chi connectivity index (χ2n) is 12.2. The molecule has 0 radical (unpaired) electrons. The second-order valence-corrected chi connectivity index (χ2v) is 12.2. The Bertz CT molecular complexity index is 1550. The van der Waals surface area contributed by atoms with Crippen LogP contribution in [0.2, 0.25) is 0 Å². The average Bonchev–Trinajstić information content (AvgIpc) is 3.49. The first kappa shape index (κ1) is 27.5. The Morgan fingerprint density at radius 2 is 1.86 bits per heavy atom. The van der Waals surface area contributed by atoms with Crippen LogP contribution >= 0.6 is 0 Å². The number of fused-ring (bicyclic) bond motifs is 3. The van der Waals surface area contributed by atoms with Crippen molar-refractivity contribution >= 4 is 22.5 Å². The number of ether oxygens (including phenoxy) is 1. The van der Waals surface area contributed by atoms with Gasteiger partial charge in [-0.3, -0.25) is 4.90 Å². The molecule has 3 aromatic rings. The number of pyridine rings is 2. The Kier molecular flexibility index (Phi) is 6.46. The van der Waals surface area contributed by atoms with Crippen LogP contribution in [-0.2, 0) is 12.6 Å². The number of alkyl halides is 3. The molecule has 9 nitrogen and oxygen atoms in total. The molecule has 7 rings (SSSR count). The van der Waals surface area contributed by atoms with E-state index in [1.807, 2.05) is 0 Å². The third kappa shape index (κ3) is 4.34. The van der Waals surface area contributed by atoms with Crippen molar-refractivity contribution < 1.29 is 22.3 Å². The van der Waals surface area contributed by atoms with E-state index in [0.29, 0.717) is 49.6 Å². The molecule has 3 fully saturated rings. The maximum absolute atomic E-state index is 16.6. The van der Waals surface area contributed by atoms with Gasteiger partial charge in [0.1, 0.15) is 35.1 Å². The van der Waals surface area contributed by atoms with Crippen LogP contribution < -0.4 is 20.7 Å². The Hall–Kier alpha value is -3.32. The van der Waals surface area contributed by atoms with Gasteiger partial charge in [0.2, 0.25) is 0 Å².